The first-order valence-corrected chi connectivity index (χ1v) is 15.4. The normalized spacial score (nSPS) is 23.6. The Kier molecular flexibility index (Phi) is 11.8. The molecule has 0 unspecified atom stereocenters. The van der Waals surface area contributed by atoms with Gasteiger partial charge in [0, 0.05) is 19.6 Å². The quantitative estimate of drug-likeness (QED) is 0.434. The number of nitrogens with zero attached hydrogens (tertiary/aromatic N) is 1. The molecule has 0 aliphatic carbocycles. The molecule has 1 fully saturated rings. The fraction of sp³-hybridized carbons (Fsp3) is 0.545. The molecule has 4 N–H and O–H groups in total. The van der Waals surface area contributed by atoms with E-state index in [9.17, 15) is 14.4 Å². The lowest BCUT2D eigenvalue weighted by molar-refractivity contribution is -0.133. The van der Waals surface area contributed by atoms with Gasteiger partial charge in [-0.1, -0.05) is 61.9 Å². The van der Waals surface area contributed by atoms with Crippen LogP contribution in [-0.4, -0.2) is 80.1 Å². The van der Waals surface area contributed by atoms with Gasteiger partial charge in [0.2, 0.25) is 17.7 Å². The average molecular weight is 578 g/mol. The molecule has 2 aromatic carbocycles. The van der Waals surface area contributed by atoms with Crippen molar-refractivity contribution in [1.29, 1.82) is 0 Å². The van der Waals surface area contributed by atoms with Gasteiger partial charge in [-0.2, -0.15) is 0 Å². The monoisotopic (exact) mass is 577 g/mol. The number of rotatable bonds is 5. The maximum absolute atomic E-state index is 13.7. The minimum Gasteiger partial charge on any atom is -0.492 e. The molecule has 0 aromatic heterocycles. The summed E-state index contributed by atoms with van der Waals surface area (Å²) in [5.41, 5.74) is 3.22. The van der Waals surface area contributed by atoms with Crippen LogP contribution in [0.4, 0.5) is 0 Å². The average Bonchev–Trinajstić information content (AvgIpc) is 3.48. The molecule has 2 aromatic rings. The number of carbonyl (C=O) groups is 3. The van der Waals surface area contributed by atoms with Gasteiger partial charge in [0.1, 0.15) is 24.4 Å². The zero-order chi connectivity index (χ0) is 29.9. The molecule has 2 aliphatic rings. The molecule has 42 heavy (non-hydrogen) atoms. The van der Waals surface area contributed by atoms with E-state index in [1.54, 1.807) is 0 Å². The standard InChI is InChI=1S/C33H47N5O4/c1-23(2)30-33(41)36-28(22-38-17-6-7-18-38)31(39)35-15-9-13-26-12-4-5-14-29(26)42-19-16-34-27(32(40)37-30)21-25-11-8-10-24(3)20-25/h4-5,8,10-12,14,20,23,27-28,30,34H,6-7,9,13,15-19,21-22H2,1-3H3,(H,35,39)(H,36,41)(H,37,40)/t27-,28+,30-/m1/s1. The molecule has 228 valence electrons. The Hall–Kier alpha value is -3.43. The van der Waals surface area contributed by atoms with E-state index in [1.165, 1.54) is 0 Å². The van der Waals surface area contributed by atoms with Crippen molar-refractivity contribution >= 4 is 17.7 Å². The predicted molar refractivity (Wildman–Crippen MR) is 164 cm³/mol. The number of fused-ring (bicyclic) bond motifs is 1. The first kappa shape index (κ1) is 31.5. The number of benzene rings is 2. The SMILES string of the molecule is Cc1cccc(C[C@H]2NCCOc3ccccc3CCCNC(=O)[C@H](CN3CCCC3)NC(=O)[C@@H](C(C)C)NC2=O)c1. The summed E-state index contributed by atoms with van der Waals surface area (Å²) in [6.07, 6.45) is 4.14. The summed E-state index contributed by atoms with van der Waals surface area (Å²) in [5, 5.41) is 12.4. The smallest absolute Gasteiger partial charge is 0.243 e. The van der Waals surface area contributed by atoms with Gasteiger partial charge in [0.05, 0.1) is 6.04 Å². The minimum atomic E-state index is -0.782. The molecular weight excluding hydrogens is 530 g/mol. The molecule has 4 rings (SSSR count). The summed E-state index contributed by atoms with van der Waals surface area (Å²) in [7, 11) is 0. The summed E-state index contributed by atoms with van der Waals surface area (Å²) in [6.45, 7) is 9.44. The fourth-order valence-corrected chi connectivity index (χ4v) is 5.66. The van der Waals surface area contributed by atoms with Crippen molar-refractivity contribution < 1.29 is 19.1 Å². The van der Waals surface area contributed by atoms with Gasteiger partial charge in [0.15, 0.2) is 0 Å². The van der Waals surface area contributed by atoms with Crippen LogP contribution in [0.1, 0.15) is 49.8 Å². The third-order valence-electron chi connectivity index (χ3n) is 8.00. The third-order valence-corrected chi connectivity index (χ3v) is 8.00. The number of nitrogens with one attached hydrogen (secondary N) is 4. The van der Waals surface area contributed by atoms with Crippen LogP contribution in [0.25, 0.3) is 0 Å². The summed E-state index contributed by atoms with van der Waals surface area (Å²) < 4.78 is 6.12. The minimum absolute atomic E-state index is 0.172. The molecule has 1 saturated heterocycles. The lowest BCUT2D eigenvalue weighted by Gasteiger charge is -2.29. The van der Waals surface area contributed by atoms with Crippen molar-refractivity contribution in [2.75, 3.05) is 39.3 Å². The molecule has 9 nitrogen and oxygen atoms in total. The van der Waals surface area contributed by atoms with Gasteiger partial charge in [-0.05, 0) is 75.2 Å². The lowest BCUT2D eigenvalue weighted by Crippen LogP contribution is -2.60. The summed E-state index contributed by atoms with van der Waals surface area (Å²) in [4.78, 5) is 42.9. The zero-order valence-corrected chi connectivity index (χ0v) is 25.3. The van der Waals surface area contributed by atoms with E-state index in [0.29, 0.717) is 32.7 Å². The Morgan fingerprint density at radius 1 is 0.881 bits per heavy atom. The molecule has 9 heteroatoms. The first-order valence-electron chi connectivity index (χ1n) is 15.4. The van der Waals surface area contributed by atoms with Crippen LogP contribution in [0, 0.1) is 12.8 Å². The number of amides is 3. The van der Waals surface area contributed by atoms with E-state index in [1.807, 2.05) is 63.2 Å². The number of hydrogen-bond donors (Lipinski definition) is 4. The second kappa shape index (κ2) is 15.7. The molecule has 0 bridgehead atoms. The second-order valence-electron chi connectivity index (χ2n) is 11.8. The topological polar surface area (TPSA) is 112 Å². The summed E-state index contributed by atoms with van der Waals surface area (Å²) in [6, 6.07) is 14.0. The molecular formula is C33H47N5O4. The summed E-state index contributed by atoms with van der Waals surface area (Å²) in [5.74, 6) is -0.161. The second-order valence-corrected chi connectivity index (χ2v) is 11.8. The van der Waals surface area contributed by atoms with Crippen molar-refractivity contribution in [2.45, 2.75) is 71.0 Å². The molecule has 3 amide bonds. The highest BCUT2D eigenvalue weighted by molar-refractivity contribution is 5.93. The van der Waals surface area contributed by atoms with Crippen LogP contribution >= 0.6 is 0 Å². The van der Waals surface area contributed by atoms with Crippen LogP contribution in [0.2, 0.25) is 0 Å². The number of carbonyl (C=O) groups excluding carboxylic acids is 3. The van der Waals surface area contributed by atoms with Crippen molar-refractivity contribution in [1.82, 2.24) is 26.2 Å². The molecule has 2 aliphatic heterocycles. The Morgan fingerprint density at radius 3 is 2.43 bits per heavy atom. The van der Waals surface area contributed by atoms with E-state index in [4.69, 9.17) is 4.74 Å². The number of aryl methyl sites for hydroxylation is 2. The highest BCUT2D eigenvalue weighted by atomic mass is 16.5. The van der Waals surface area contributed by atoms with Gasteiger partial charge in [-0.3, -0.25) is 14.4 Å². The van der Waals surface area contributed by atoms with Crippen LogP contribution in [-0.2, 0) is 27.2 Å². The van der Waals surface area contributed by atoms with Crippen LogP contribution in [0.15, 0.2) is 48.5 Å². The fourth-order valence-electron chi connectivity index (χ4n) is 5.66. The Morgan fingerprint density at radius 2 is 1.67 bits per heavy atom. The number of likely N-dealkylation sites (tertiary alicyclic amines) is 1. The lowest BCUT2D eigenvalue weighted by atomic mass is 10.00. The van der Waals surface area contributed by atoms with Gasteiger partial charge in [0.25, 0.3) is 0 Å². The van der Waals surface area contributed by atoms with Crippen LogP contribution < -0.4 is 26.0 Å². The van der Waals surface area contributed by atoms with E-state index < -0.39 is 18.1 Å². The molecule has 3 atom stereocenters. The van der Waals surface area contributed by atoms with E-state index >= 15 is 0 Å². The van der Waals surface area contributed by atoms with Crippen molar-refractivity contribution in [3.63, 3.8) is 0 Å². The molecule has 0 spiro atoms. The van der Waals surface area contributed by atoms with Crippen LogP contribution in [0.5, 0.6) is 5.75 Å². The Bertz CT molecular complexity index is 1200. The first-order chi connectivity index (χ1) is 20.3. The van der Waals surface area contributed by atoms with E-state index in [0.717, 1.165) is 61.2 Å². The largest absolute Gasteiger partial charge is 0.492 e. The third kappa shape index (κ3) is 9.29. The number of para-hydroxylation sites is 1. The van der Waals surface area contributed by atoms with E-state index in [2.05, 4.69) is 32.2 Å². The van der Waals surface area contributed by atoms with Crippen molar-refractivity contribution in [3.8, 4) is 5.75 Å². The maximum Gasteiger partial charge on any atom is 0.243 e. The maximum atomic E-state index is 13.7. The van der Waals surface area contributed by atoms with Crippen LogP contribution in [0.3, 0.4) is 0 Å². The Labute approximate surface area is 250 Å². The molecule has 2 heterocycles. The summed E-state index contributed by atoms with van der Waals surface area (Å²) >= 11 is 0. The zero-order valence-electron chi connectivity index (χ0n) is 25.3. The number of ether oxygens (including phenoxy) is 1. The number of hydrogen-bond acceptors (Lipinski definition) is 6. The van der Waals surface area contributed by atoms with Gasteiger partial charge >= 0.3 is 0 Å². The molecule has 0 radical (unpaired) electrons. The van der Waals surface area contributed by atoms with Gasteiger partial charge < -0.3 is 30.9 Å². The van der Waals surface area contributed by atoms with Crippen molar-refractivity contribution in [3.05, 3.63) is 65.2 Å². The Balaban J connectivity index is 1.57. The predicted octanol–water partition coefficient (Wildman–Crippen LogP) is 2.36. The highest BCUT2D eigenvalue weighted by Gasteiger charge is 2.32. The van der Waals surface area contributed by atoms with Gasteiger partial charge in [-0.15, -0.1) is 0 Å². The molecule has 0 saturated carbocycles. The van der Waals surface area contributed by atoms with Gasteiger partial charge in [-0.25, -0.2) is 0 Å². The van der Waals surface area contributed by atoms with Crippen molar-refractivity contribution in [2.24, 2.45) is 5.92 Å². The highest BCUT2D eigenvalue weighted by Crippen LogP contribution is 2.19. The van der Waals surface area contributed by atoms with E-state index in [-0.39, 0.29) is 23.6 Å².